The normalized spacial score (nSPS) is 13.6. The van der Waals surface area contributed by atoms with Gasteiger partial charge in [0.2, 0.25) is 0 Å². The van der Waals surface area contributed by atoms with Crippen LogP contribution in [0.25, 0.3) is 0 Å². The number of anilines is 1. The number of ether oxygens (including phenoxy) is 3. The molecular formula is C14H21NO3. The highest BCUT2D eigenvalue weighted by Gasteiger charge is 2.10. The quantitative estimate of drug-likeness (QED) is 0.719. The molecule has 1 aliphatic rings. The highest BCUT2D eigenvalue weighted by molar-refractivity contribution is 5.49. The topological polar surface area (TPSA) is 39.7 Å². The number of methoxy groups -OCH3 is 1. The largest absolute Gasteiger partial charge is 0.385 e. The molecule has 0 fully saturated rings. The van der Waals surface area contributed by atoms with Crippen LogP contribution in [-0.4, -0.2) is 33.5 Å². The van der Waals surface area contributed by atoms with Crippen molar-refractivity contribution in [3.05, 3.63) is 29.3 Å². The Hall–Kier alpha value is -1.10. The zero-order chi connectivity index (χ0) is 12.6. The molecule has 0 unspecified atom stereocenters. The van der Waals surface area contributed by atoms with Gasteiger partial charge in [0.1, 0.15) is 0 Å². The van der Waals surface area contributed by atoms with E-state index in [0.29, 0.717) is 0 Å². The van der Waals surface area contributed by atoms with Gasteiger partial charge in [-0.05, 0) is 29.7 Å². The molecule has 0 saturated carbocycles. The lowest BCUT2D eigenvalue weighted by atomic mass is 10.1. The molecule has 0 bridgehead atoms. The molecule has 0 atom stereocenters. The van der Waals surface area contributed by atoms with Crippen molar-refractivity contribution in [1.82, 2.24) is 0 Å². The fraction of sp³-hybridized carbons (Fsp3) is 0.571. The molecule has 1 heterocycles. The molecule has 0 amide bonds. The monoisotopic (exact) mass is 251 g/mol. The van der Waals surface area contributed by atoms with Crippen molar-refractivity contribution in [3.63, 3.8) is 0 Å². The molecule has 100 valence electrons. The van der Waals surface area contributed by atoms with Crippen LogP contribution in [0.5, 0.6) is 0 Å². The molecule has 0 spiro atoms. The fourth-order valence-corrected chi connectivity index (χ4v) is 1.96. The van der Waals surface area contributed by atoms with E-state index in [2.05, 4.69) is 23.5 Å². The highest BCUT2D eigenvalue weighted by atomic mass is 16.5. The van der Waals surface area contributed by atoms with E-state index in [1.807, 2.05) is 0 Å². The molecule has 4 heteroatoms. The van der Waals surface area contributed by atoms with Crippen molar-refractivity contribution in [1.29, 1.82) is 0 Å². The first-order valence-electron chi connectivity index (χ1n) is 6.40. The number of rotatable bonds is 8. The van der Waals surface area contributed by atoms with Crippen LogP contribution in [0.2, 0.25) is 0 Å². The predicted octanol–water partition coefficient (Wildman–Crippen LogP) is 2.18. The Kier molecular flexibility index (Phi) is 5.45. The Morgan fingerprint density at radius 3 is 2.94 bits per heavy atom. The van der Waals surface area contributed by atoms with Crippen molar-refractivity contribution < 1.29 is 14.2 Å². The summed E-state index contributed by atoms with van der Waals surface area (Å²) in [5, 5.41) is 3.35. The average Bonchev–Trinajstić information content (AvgIpc) is 2.85. The van der Waals surface area contributed by atoms with Gasteiger partial charge in [-0.25, -0.2) is 0 Å². The number of fused-ring (bicyclic) bond motifs is 1. The van der Waals surface area contributed by atoms with Gasteiger partial charge >= 0.3 is 0 Å². The fourth-order valence-electron chi connectivity index (χ4n) is 1.96. The summed E-state index contributed by atoms with van der Waals surface area (Å²) in [5.74, 6) is 0. The van der Waals surface area contributed by atoms with Gasteiger partial charge in [0, 0.05) is 32.6 Å². The van der Waals surface area contributed by atoms with Gasteiger partial charge in [-0.1, -0.05) is 6.07 Å². The lowest BCUT2D eigenvalue weighted by molar-refractivity contribution is 0.109. The highest BCUT2D eigenvalue weighted by Crippen LogP contribution is 2.22. The van der Waals surface area contributed by atoms with Gasteiger partial charge in [0.25, 0.3) is 0 Å². The van der Waals surface area contributed by atoms with Gasteiger partial charge in [-0.2, -0.15) is 0 Å². The summed E-state index contributed by atoms with van der Waals surface area (Å²) in [5.41, 5.74) is 3.73. The number of hydrogen-bond donors (Lipinski definition) is 1. The van der Waals surface area contributed by atoms with Gasteiger partial charge in [0.05, 0.1) is 19.8 Å². The van der Waals surface area contributed by atoms with E-state index in [9.17, 15) is 0 Å². The summed E-state index contributed by atoms with van der Waals surface area (Å²) in [7, 11) is 1.71. The van der Waals surface area contributed by atoms with E-state index in [4.69, 9.17) is 14.2 Å². The Morgan fingerprint density at radius 1 is 1.17 bits per heavy atom. The van der Waals surface area contributed by atoms with Crippen molar-refractivity contribution in [2.75, 3.05) is 38.8 Å². The van der Waals surface area contributed by atoms with Crippen LogP contribution in [0, 0.1) is 0 Å². The minimum absolute atomic E-state index is 0.720. The summed E-state index contributed by atoms with van der Waals surface area (Å²) in [4.78, 5) is 0. The van der Waals surface area contributed by atoms with Gasteiger partial charge in [0.15, 0.2) is 0 Å². The van der Waals surface area contributed by atoms with E-state index < -0.39 is 0 Å². The lowest BCUT2D eigenvalue weighted by Crippen LogP contribution is -2.10. The first-order valence-corrected chi connectivity index (χ1v) is 6.40. The van der Waals surface area contributed by atoms with Crippen LogP contribution < -0.4 is 5.32 Å². The van der Waals surface area contributed by atoms with Crippen LogP contribution in [0.1, 0.15) is 17.5 Å². The maximum Gasteiger partial charge on any atom is 0.0725 e. The maximum absolute atomic E-state index is 5.48. The van der Waals surface area contributed by atoms with Crippen molar-refractivity contribution >= 4 is 5.69 Å². The molecule has 0 aliphatic carbocycles. The summed E-state index contributed by atoms with van der Waals surface area (Å²) >= 11 is 0. The molecule has 1 aliphatic heterocycles. The minimum atomic E-state index is 0.720. The van der Waals surface area contributed by atoms with E-state index in [1.165, 1.54) is 11.1 Å². The Balaban J connectivity index is 1.62. The van der Waals surface area contributed by atoms with Crippen molar-refractivity contribution in [2.45, 2.75) is 19.6 Å². The van der Waals surface area contributed by atoms with E-state index in [-0.39, 0.29) is 0 Å². The first-order chi connectivity index (χ1) is 8.90. The Morgan fingerprint density at radius 2 is 2.06 bits per heavy atom. The van der Waals surface area contributed by atoms with E-state index in [0.717, 1.165) is 51.7 Å². The first kappa shape index (κ1) is 13.3. The summed E-state index contributed by atoms with van der Waals surface area (Å²) in [6.45, 7) is 4.55. The maximum atomic E-state index is 5.48. The third kappa shape index (κ3) is 3.98. The molecule has 1 N–H and O–H groups in total. The summed E-state index contributed by atoms with van der Waals surface area (Å²) < 4.78 is 15.8. The second-order valence-electron chi connectivity index (χ2n) is 4.36. The number of hydrogen-bond acceptors (Lipinski definition) is 4. The van der Waals surface area contributed by atoms with Gasteiger partial charge in [-0.15, -0.1) is 0 Å². The third-order valence-electron chi connectivity index (χ3n) is 2.93. The molecule has 0 aromatic heterocycles. The van der Waals surface area contributed by atoms with Crippen molar-refractivity contribution in [2.24, 2.45) is 0 Å². The predicted molar refractivity (Wildman–Crippen MR) is 70.7 cm³/mol. The third-order valence-corrected chi connectivity index (χ3v) is 2.93. The van der Waals surface area contributed by atoms with Crippen LogP contribution in [0.3, 0.4) is 0 Å². The molecule has 0 saturated heterocycles. The zero-order valence-corrected chi connectivity index (χ0v) is 10.9. The second-order valence-corrected chi connectivity index (χ2v) is 4.36. The van der Waals surface area contributed by atoms with E-state index >= 15 is 0 Å². The molecule has 18 heavy (non-hydrogen) atoms. The Labute approximate surface area is 108 Å². The molecular weight excluding hydrogens is 230 g/mol. The molecule has 1 aromatic carbocycles. The zero-order valence-electron chi connectivity index (χ0n) is 10.9. The molecule has 1 aromatic rings. The minimum Gasteiger partial charge on any atom is -0.385 e. The Bertz CT molecular complexity index is 368. The lowest BCUT2D eigenvalue weighted by Gasteiger charge is -2.08. The van der Waals surface area contributed by atoms with Crippen LogP contribution in [0.15, 0.2) is 18.2 Å². The molecule has 2 rings (SSSR count). The SMILES string of the molecule is COCCCOCCNc1ccc2c(c1)COC2. The molecule has 4 nitrogen and oxygen atoms in total. The number of nitrogens with one attached hydrogen (secondary N) is 1. The summed E-state index contributed by atoms with van der Waals surface area (Å²) in [6.07, 6.45) is 0.951. The smallest absolute Gasteiger partial charge is 0.0725 e. The van der Waals surface area contributed by atoms with Gasteiger partial charge in [-0.3, -0.25) is 0 Å². The van der Waals surface area contributed by atoms with Crippen molar-refractivity contribution in [3.8, 4) is 0 Å². The average molecular weight is 251 g/mol. The second kappa shape index (κ2) is 7.36. The van der Waals surface area contributed by atoms with Crippen LogP contribution in [-0.2, 0) is 27.4 Å². The van der Waals surface area contributed by atoms with Crippen LogP contribution >= 0.6 is 0 Å². The summed E-state index contributed by atoms with van der Waals surface area (Å²) in [6, 6.07) is 6.38. The molecule has 0 radical (unpaired) electrons. The standard InChI is InChI=1S/C14H21NO3/c1-16-6-2-7-17-8-5-15-14-4-3-12-10-18-11-13(12)9-14/h3-4,9,15H,2,5-8,10-11H2,1H3. The number of benzene rings is 1. The van der Waals surface area contributed by atoms with Crippen LogP contribution in [0.4, 0.5) is 5.69 Å². The van der Waals surface area contributed by atoms with E-state index in [1.54, 1.807) is 7.11 Å². The van der Waals surface area contributed by atoms with Gasteiger partial charge < -0.3 is 19.5 Å².